The van der Waals surface area contributed by atoms with Crippen LogP contribution in [-0.2, 0) is 22.2 Å². The Morgan fingerprint density at radius 3 is 2.36 bits per heavy atom. The summed E-state index contributed by atoms with van der Waals surface area (Å²) >= 11 is 6.71. The van der Waals surface area contributed by atoms with Crippen LogP contribution in [0, 0.1) is 40.5 Å². The number of hydrogen-bond donors (Lipinski definition) is 4. The molecule has 4 unspecified atom stereocenters. The lowest BCUT2D eigenvalue weighted by molar-refractivity contribution is -0.145. The average Bonchev–Trinajstić information content (AvgIpc) is 3.88. The van der Waals surface area contributed by atoms with Crippen molar-refractivity contribution in [1.29, 1.82) is 0 Å². The van der Waals surface area contributed by atoms with Gasteiger partial charge in [-0.3, -0.25) is 29.3 Å². The first-order valence-electron chi connectivity index (χ1n) is 26.5. The molecule has 3 saturated heterocycles. The number of carbonyl (C=O) groups excluding carboxylic acids is 4. The highest BCUT2D eigenvalue weighted by atomic mass is 35.5. The number of piperidine rings is 2. The Balaban J connectivity index is 0.758. The molecule has 4 atom stereocenters. The summed E-state index contributed by atoms with van der Waals surface area (Å²) in [6.45, 7) is 8.99. The fraction of sp³-hybridized carbons (Fsp3) is 0.500. The second-order valence-corrected chi connectivity index (χ2v) is 22.3. The van der Waals surface area contributed by atoms with E-state index in [-0.39, 0.29) is 94.6 Å². The van der Waals surface area contributed by atoms with Gasteiger partial charge in [-0.1, -0.05) is 62.7 Å². The minimum atomic E-state index is -1.16. The molecule has 5 amide bonds. The second-order valence-electron chi connectivity index (χ2n) is 21.9. The number of halogens is 5. The van der Waals surface area contributed by atoms with E-state index < -0.39 is 75.6 Å². The fourth-order valence-electron chi connectivity index (χ4n) is 12.9. The van der Waals surface area contributed by atoms with Gasteiger partial charge in [0.05, 0.1) is 22.6 Å². The third kappa shape index (κ3) is 9.88. The van der Waals surface area contributed by atoms with E-state index in [9.17, 15) is 24.3 Å². The van der Waals surface area contributed by atoms with Crippen molar-refractivity contribution in [2.75, 3.05) is 63.9 Å². The van der Waals surface area contributed by atoms with Crippen LogP contribution >= 0.6 is 11.6 Å². The van der Waals surface area contributed by atoms with E-state index in [2.05, 4.69) is 32.5 Å². The SMILES string of the molecule is CC1CN(CC2CCN(C(=O)C3(C)CCC(NCC4(c5ccccc5)Oc5cc(F)c(Cl)c(-c6c(C(N)=O)cnc(OCCO)c6F)c5C4C)CC3)CC2)CCC1c1c(F)cc2c(N3CCC(=O)NC3=O)nn(C)c2c1F. The maximum Gasteiger partial charge on any atom is 0.329 e. The van der Waals surface area contributed by atoms with Gasteiger partial charge in [0, 0.05) is 105 Å². The van der Waals surface area contributed by atoms with Gasteiger partial charge in [-0.25, -0.2) is 27.3 Å². The number of anilines is 1. The highest BCUT2D eigenvalue weighted by molar-refractivity contribution is 6.34. The number of primary amides is 1. The van der Waals surface area contributed by atoms with E-state index in [0.717, 1.165) is 31.1 Å². The molecule has 6 heterocycles. The fourth-order valence-corrected chi connectivity index (χ4v) is 13.1. The summed E-state index contributed by atoms with van der Waals surface area (Å²) in [4.78, 5) is 61.0. The number of nitrogens with zero attached hydrogens (tertiary/aromatic N) is 6. The number of nitrogens with one attached hydrogen (secondary N) is 2. The summed E-state index contributed by atoms with van der Waals surface area (Å²) in [5.41, 5.74) is 4.43. The number of aryl methyl sites for hydroxylation is 1. The standard InChI is InChI=1S/C56H64ClF4N9O7/c1-30-27-68(18-14-35(30)43-38(58)24-36-49(47(43)60)67(4)66-51(36)70-21-15-41(72)65-54(70)75)28-32-12-19-69(20-13-32)53(74)55(3)16-10-34(11-17-55)64-29-56(33-8-6-5-7-9-33)31(2)42-40(77-56)25-39(59)46(57)45(42)44-37(50(62)73)26-63-52(48(44)61)76-23-22-71/h5-9,24-26,30-32,34-35,64,71H,10-23,27-29H2,1-4H3,(H2,62,73)(H,65,72,75). The van der Waals surface area contributed by atoms with E-state index in [0.29, 0.717) is 69.8 Å². The molecule has 10 rings (SSSR count). The first kappa shape index (κ1) is 54.0. The summed E-state index contributed by atoms with van der Waals surface area (Å²) in [5.74, 6) is -5.61. The number of fused-ring (bicyclic) bond motifs is 2. The summed E-state index contributed by atoms with van der Waals surface area (Å²) in [6, 6.07) is 11.2. The predicted molar refractivity (Wildman–Crippen MR) is 280 cm³/mol. The summed E-state index contributed by atoms with van der Waals surface area (Å²) in [5, 5.41) is 19.4. The lowest BCUT2D eigenvalue weighted by Gasteiger charge is -2.44. The van der Waals surface area contributed by atoms with Crippen LogP contribution in [0.1, 0.15) is 111 Å². The molecule has 0 bridgehead atoms. The summed E-state index contributed by atoms with van der Waals surface area (Å²) < 4.78 is 78.3. The number of aromatic nitrogens is 3. The molecule has 5 N–H and O–H groups in total. The van der Waals surface area contributed by atoms with Crippen LogP contribution < -0.4 is 30.7 Å². The van der Waals surface area contributed by atoms with Crippen LogP contribution in [0.5, 0.6) is 11.6 Å². The van der Waals surface area contributed by atoms with Gasteiger partial charge >= 0.3 is 6.03 Å². The van der Waals surface area contributed by atoms with Crippen molar-refractivity contribution in [3.05, 3.63) is 99.2 Å². The third-order valence-electron chi connectivity index (χ3n) is 17.1. The van der Waals surface area contributed by atoms with Crippen LogP contribution in [0.25, 0.3) is 22.0 Å². The van der Waals surface area contributed by atoms with E-state index in [1.165, 1.54) is 21.7 Å². The van der Waals surface area contributed by atoms with E-state index in [1.807, 2.05) is 49.1 Å². The van der Waals surface area contributed by atoms with Gasteiger partial charge in [0.1, 0.15) is 29.5 Å². The number of aliphatic hydroxyl groups is 1. The van der Waals surface area contributed by atoms with E-state index in [1.54, 1.807) is 7.05 Å². The minimum Gasteiger partial charge on any atom is -0.480 e. The number of imide groups is 1. The Bertz CT molecular complexity index is 3130. The Morgan fingerprint density at radius 1 is 0.961 bits per heavy atom. The molecule has 21 heteroatoms. The van der Waals surface area contributed by atoms with Crippen molar-refractivity contribution in [1.82, 2.24) is 35.2 Å². The van der Waals surface area contributed by atoms with Gasteiger partial charge in [-0.05, 0) is 80.9 Å². The largest absolute Gasteiger partial charge is 0.480 e. The molecule has 3 aromatic carbocycles. The van der Waals surface area contributed by atoms with Gasteiger partial charge in [-0.15, -0.1) is 0 Å². The van der Waals surface area contributed by atoms with Crippen molar-refractivity contribution in [3.63, 3.8) is 0 Å². The first-order chi connectivity index (χ1) is 36.8. The van der Waals surface area contributed by atoms with Gasteiger partial charge in [0.2, 0.25) is 11.8 Å². The smallest absolute Gasteiger partial charge is 0.329 e. The number of pyridine rings is 1. The molecule has 1 aliphatic carbocycles. The molecule has 4 fully saturated rings. The van der Waals surface area contributed by atoms with Crippen LogP contribution in [0.15, 0.2) is 48.7 Å². The van der Waals surface area contributed by atoms with Crippen LogP contribution in [0.3, 0.4) is 0 Å². The molecule has 0 spiro atoms. The number of aliphatic hydroxyl groups excluding tert-OH is 1. The lowest BCUT2D eigenvalue weighted by Crippen LogP contribution is -2.52. The zero-order valence-electron chi connectivity index (χ0n) is 43.6. The van der Waals surface area contributed by atoms with Gasteiger partial charge in [-0.2, -0.15) is 5.10 Å². The monoisotopic (exact) mass is 1090 g/mol. The zero-order chi connectivity index (χ0) is 54.7. The number of urea groups is 1. The minimum absolute atomic E-state index is 0.000425. The quantitative estimate of drug-likeness (QED) is 0.0786. The first-order valence-corrected chi connectivity index (χ1v) is 26.9. The van der Waals surface area contributed by atoms with Crippen LogP contribution in [0.4, 0.5) is 28.2 Å². The highest BCUT2D eigenvalue weighted by Gasteiger charge is 2.51. The summed E-state index contributed by atoms with van der Waals surface area (Å²) in [6.07, 6.45) is 6.07. The van der Waals surface area contributed by atoms with Crippen molar-refractivity contribution in [2.45, 2.75) is 95.6 Å². The van der Waals surface area contributed by atoms with Gasteiger partial charge in [0.15, 0.2) is 23.1 Å². The Kier molecular flexibility index (Phi) is 15.1. The van der Waals surface area contributed by atoms with Crippen molar-refractivity contribution in [2.24, 2.45) is 30.0 Å². The number of nitrogens with two attached hydrogens (primary N) is 1. The maximum absolute atomic E-state index is 16.5. The third-order valence-corrected chi connectivity index (χ3v) is 17.5. The van der Waals surface area contributed by atoms with Gasteiger partial charge < -0.3 is 35.4 Å². The van der Waals surface area contributed by atoms with Crippen LogP contribution in [0.2, 0.25) is 5.02 Å². The molecule has 2 aromatic heterocycles. The molecule has 5 aliphatic rings. The number of rotatable bonds is 14. The second kappa shape index (κ2) is 21.5. The number of amides is 5. The van der Waals surface area contributed by atoms with Crippen molar-refractivity contribution < 1.29 is 51.3 Å². The zero-order valence-corrected chi connectivity index (χ0v) is 44.3. The number of ether oxygens (including phenoxy) is 2. The van der Waals surface area contributed by atoms with Crippen molar-refractivity contribution >= 4 is 52.1 Å². The summed E-state index contributed by atoms with van der Waals surface area (Å²) in [7, 11) is 1.56. The number of likely N-dealkylation sites (tertiary alicyclic amines) is 2. The molecule has 4 aliphatic heterocycles. The number of benzene rings is 3. The topological polar surface area (TPSA) is 197 Å². The Morgan fingerprint density at radius 2 is 1.69 bits per heavy atom. The molecule has 1 saturated carbocycles. The number of hydrogen-bond acceptors (Lipinski definition) is 11. The molecule has 0 radical (unpaired) electrons. The highest BCUT2D eigenvalue weighted by Crippen LogP contribution is 2.57. The molecule has 410 valence electrons. The normalized spacial score (nSPS) is 25.2. The Hall–Kier alpha value is -6.35. The lowest BCUT2D eigenvalue weighted by atomic mass is 9.72. The van der Waals surface area contributed by atoms with E-state index >= 15 is 17.6 Å². The van der Waals surface area contributed by atoms with E-state index in [4.69, 9.17) is 26.8 Å². The molecule has 77 heavy (non-hydrogen) atoms. The molecule has 16 nitrogen and oxygen atoms in total. The van der Waals surface area contributed by atoms with Gasteiger partial charge in [0.25, 0.3) is 11.8 Å². The Labute approximate surface area is 448 Å². The molecular weight excluding hydrogens is 1020 g/mol. The predicted octanol–water partition coefficient (Wildman–Crippen LogP) is 8.06. The van der Waals surface area contributed by atoms with Crippen LogP contribution in [-0.4, -0.2) is 118 Å². The molecule has 5 aromatic rings. The number of carbonyl (C=O) groups is 4. The van der Waals surface area contributed by atoms with Crippen molar-refractivity contribution in [3.8, 4) is 22.8 Å². The molecular formula is C56H64ClF4N9O7. The maximum atomic E-state index is 16.5. The average molecular weight is 1090 g/mol.